The predicted octanol–water partition coefficient (Wildman–Crippen LogP) is 3.05. The molecule has 0 saturated heterocycles. The molecule has 0 unspecified atom stereocenters. The van der Waals surface area contributed by atoms with Crippen LogP contribution in [0.2, 0.25) is 0 Å². The van der Waals surface area contributed by atoms with Crippen LogP contribution >= 0.6 is 0 Å². The highest BCUT2D eigenvalue weighted by Gasteiger charge is 2.08. The maximum absolute atomic E-state index is 12.0. The van der Waals surface area contributed by atoms with E-state index in [1.165, 1.54) is 0 Å². The molecule has 0 bridgehead atoms. The summed E-state index contributed by atoms with van der Waals surface area (Å²) in [5.41, 5.74) is 1.83. The van der Waals surface area contributed by atoms with Crippen LogP contribution in [0.25, 0.3) is 11.0 Å². The molecule has 0 saturated carbocycles. The summed E-state index contributed by atoms with van der Waals surface area (Å²) in [6, 6.07) is 15.1. The van der Waals surface area contributed by atoms with Gasteiger partial charge >= 0.3 is 0 Å². The number of aromatic amines is 1. The number of carbonyl (C=O) groups is 1. The number of imidazole rings is 1. The Morgan fingerprint density at radius 1 is 1.08 bits per heavy atom. The summed E-state index contributed by atoms with van der Waals surface area (Å²) in [4.78, 5) is 19.6. The first kappa shape index (κ1) is 16.8. The third kappa shape index (κ3) is 4.50. The summed E-state index contributed by atoms with van der Waals surface area (Å²) in [6.07, 6.45) is 0.909. The van der Waals surface area contributed by atoms with E-state index in [-0.39, 0.29) is 12.5 Å². The van der Waals surface area contributed by atoms with E-state index >= 15 is 0 Å². The first-order valence-electron chi connectivity index (χ1n) is 8.31. The fourth-order valence-corrected chi connectivity index (χ4v) is 2.37. The topological polar surface area (TPSA) is 76.2 Å². The lowest BCUT2D eigenvalue weighted by Gasteiger charge is -2.11. The smallest absolute Gasteiger partial charge is 0.258 e. The molecular formula is C19H21N3O3. The highest BCUT2D eigenvalue weighted by atomic mass is 16.5. The van der Waals surface area contributed by atoms with Crippen molar-refractivity contribution in [3.8, 4) is 11.5 Å². The largest absolute Gasteiger partial charge is 0.490 e. The molecule has 1 amide bonds. The average molecular weight is 339 g/mol. The lowest BCUT2D eigenvalue weighted by Crippen LogP contribution is -2.28. The van der Waals surface area contributed by atoms with Gasteiger partial charge in [0.2, 0.25) is 0 Å². The van der Waals surface area contributed by atoms with Gasteiger partial charge in [-0.15, -0.1) is 0 Å². The number of nitrogens with zero attached hydrogens (tertiary/aromatic N) is 1. The summed E-state index contributed by atoms with van der Waals surface area (Å²) in [6.45, 7) is 2.89. The third-order valence-corrected chi connectivity index (χ3v) is 3.56. The molecule has 0 aliphatic rings. The zero-order valence-corrected chi connectivity index (χ0v) is 14.1. The number of para-hydroxylation sites is 4. The zero-order chi connectivity index (χ0) is 17.5. The molecule has 2 N–H and O–H groups in total. The third-order valence-electron chi connectivity index (χ3n) is 3.56. The second kappa shape index (κ2) is 8.19. The van der Waals surface area contributed by atoms with E-state index in [4.69, 9.17) is 9.47 Å². The van der Waals surface area contributed by atoms with Crippen LogP contribution in [0.1, 0.15) is 19.2 Å². The summed E-state index contributed by atoms with van der Waals surface area (Å²) in [5.74, 6) is 1.70. The highest BCUT2D eigenvalue weighted by Crippen LogP contribution is 2.26. The lowest BCUT2D eigenvalue weighted by atomic mass is 10.3. The lowest BCUT2D eigenvalue weighted by molar-refractivity contribution is -0.123. The molecule has 3 rings (SSSR count). The molecular weight excluding hydrogens is 318 g/mol. The van der Waals surface area contributed by atoms with Crippen LogP contribution in [0.3, 0.4) is 0 Å². The first-order chi connectivity index (χ1) is 12.3. The average Bonchev–Trinajstić information content (AvgIpc) is 3.06. The first-order valence-corrected chi connectivity index (χ1v) is 8.31. The monoisotopic (exact) mass is 339 g/mol. The normalized spacial score (nSPS) is 10.6. The van der Waals surface area contributed by atoms with Gasteiger partial charge in [-0.2, -0.15) is 0 Å². The van der Waals surface area contributed by atoms with Gasteiger partial charge in [-0.1, -0.05) is 31.2 Å². The molecule has 3 aromatic rings. The number of aromatic nitrogens is 2. The van der Waals surface area contributed by atoms with Gasteiger partial charge in [-0.3, -0.25) is 4.79 Å². The summed E-state index contributed by atoms with van der Waals surface area (Å²) < 4.78 is 11.2. The van der Waals surface area contributed by atoms with Crippen molar-refractivity contribution in [2.75, 3.05) is 13.2 Å². The minimum Gasteiger partial charge on any atom is -0.490 e. The van der Waals surface area contributed by atoms with Gasteiger partial charge in [0.15, 0.2) is 18.1 Å². The van der Waals surface area contributed by atoms with E-state index in [1.54, 1.807) is 6.07 Å². The van der Waals surface area contributed by atoms with Gasteiger partial charge in [0.25, 0.3) is 5.91 Å². The SMILES string of the molecule is CCCOc1ccccc1OCC(=O)NCc1nc2ccccc2[nH]1. The molecule has 0 spiro atoms. The summed E-state index contributed by atoms with van der Waals surface area (Å²) in [5, 5.41) is 2.79. The quantitative estimate of drug-likeness (QED) is 0.661. The van der Waals surface area contributed by atoms with E-state index < -0.39 is 0 Å². The van der Waals surface area contributed by atoms with Gasteiger partial charge in [0.1, 0.15) is 5.82 Å². The number of hydrogen-bond donors (Lipinski definition) is 2. The maximum Gasteiger partial charge on any atom is 0.258 e. The van der Waals surface area contributed by atoms with Crippen LogP contribution in [0.5, 0.6) is 11.5 Å². The van der Waals surface area contributed by atoms with Gasteiger partial charge in [0, 0.05) is 0 Å². The molecule has 1 heterocycles. The van der Waals surface area contributed by atoms with Crippen LogP contribution < -0.4 is 14.8 Å². The van der Waals surface area contributed by atoms with Crippen LogP contribution in [0.4, 0.5) is 0 Å². The Balaban J connectivity index is 1.51. The fourth-order valence-electron chi connectivity index (χ4n) is 2.37. The van der Waals surface area contributed by atoms with Crippen molar-refractivity contribution in [1.82, 2.24) is 15.3 Å². The Kier molecular flexibility index (Phi) is 5.51. The summed E-state index contributed by atoms with van der Waals surface area (Å²) >= 11 is 0. The molecule has 0 aliphatic heterocycles. The molecule has 1 aromatic heterocycles. The second-order valence-corrected chi connectivity index (χ2v) is 5.56. The van der Waals surface area contributed by atoms with E-state index in [1.807, 2.05) is 49.4 Å². The van der Waals surface area contributed by atoms with Gasteiger partial charge in [-0.25, -0.2) is 4.98 Å². The summed E-state index contributed by atoms with van der Waals surface area (Å²) in [7, 11) is 0. The second-order valence-electron chi connectivity index (χ2n) is 5.56. The number of amides is 1. The number of hydrogen-bond acceptors (Lipinski definition) is 4. The van der Waals surface area contributed by atoms with Crippen LogP contribution in [0, 0.1) is 0 Å². The van der Waals surface area contributed by atoms with Crippen molar-refractivity contribution in [1.29, 1.82) is 0 Å². The number of benzene rings is 2. The van der Waals surface area contributed by atoms with Crippen molar-refractivity contribution in [3.05, 3.63) is 54.4 Å². The van der Waals surface area contributed by atoms with Crippen molar-refractivity contribution < 1.29 is 14.3 Å². The Hall–Kier alpha value is -3.02. The zero-order valence-electron chi connectivity index (χ0n) is 14.1. The van der Waals surface area contributed by atoms with Crippen LogP contribution in [-0.2, 0) is 11.3 Å². The predicted molar refractivity (Wildman–Crippen MR) is 95.7 cm³/mol. The standard InChI is InChI=1S/C19H21N3O3/c1-2-11-24-16-9-5-6-10-17(16)25-13-19(23)20-12-18-21-14-7-3-4-8-15(14)22-18/h3-10H,2,11-13H2,1H3,(H,20,23)(H,21,22). The Morgan fingerprint density at radius 2 is 1.80 bits per heavy atom. The molecule has 6 nitrogen and oxygen atoms in total. The minimum absolute atomic E-state index is 0.0767. The molecule has 0 atom stereocenters. The number of H-pyrrole nitrogens is 1. The van der Waals surface area contributed by atoms with Crippen molar-refractivity contribution in [2.45, 2.75) is 19.9 Å². The molecule has 6 heteroatoms. The van der Waals surface area contributed by atoms with Crippen molar-refractivity contribution >= 4 is 16.9 Å². The van der Waals surface area contributed by atoms with Gasteiger partial charge in [-0.05, 0) is 30.7 Å². The molecule has 130 valence electrons. The van der Waals surface area contributed by atoms with Gasteiger partial charge < -0.3 is 19.8 Å². The van der Waals surface area contributed by atoms with Crippen molar-refractivity contribution in [2.24, 2.45) is 0 Å². The molecule has 25 heavy (non-hydrogen) atoms. The Morgan fingerprint density at radius 3 is 2.56 bits per heavy atom. The van der Waals surface area contributed by atoms with Crippen LogP contribution in [-0.4, -0.2) is 29.1 Å². The Labute approximate surface area is 146 Å². The highest BCUT2D eigenvalue weighted by molar-refractivity contribution is 5.78. The number of ether oxygens (including phenoxy) is 2. The van der Waals surface area contributed by atoms with E-state index in [9.17, 15) is 4.79 Å². The molecule has 0 radical (unpaired) electrons. The number of carbonyl (C=O) groups excluding carboxylic acids is 1. The van der Waals surface area contributed by atoms with E-state index in [2.05, 4.69) is 15.3 Å². The molecule has 0 fully saturated rings. The molecule has 2 aromatic carbocycles. The number of rotatable bonds is 8. The number of fused-ring (bicyclic) bond motifs is 1. The Bertz CT molecular complexity index is 812. The van der Waals surface area contributed by atoms with E-state index in [0.29, 0.717) is 30.5 Å². The fraction of sp³-hybridized carbons (Fsp3) is 0.263. The molecule has 0 aliphatic carbocycles. The van der Waals surface area contributed by atoms with Gasteiger partial charge in [0.05, 0.1) is 24.2 Å². The minimum atomic E-state index is -0.217. The van der Waals surface area contributed by atoms with E-state index in [0.717, 1.165) is 17.5 Å². The van der Waals surface area contributed by atoms with Crippen molar-refractivity contribution in [3.63, 3.8) is 0 Å². The van der Waals surface area contributed by atoms with Crippen LogP contribution in [0.15, 0.2) is 48.5 Å². The number of nitrogens with one attached hydrogen (secondary N) is 2. The maximum atomic E-state index is 12.0.